The predicted octanol–water partition coefficient (Wildman–Crippen LogP) is 16.8. The Labute approximate surface area is 499 Å². The van der Waals surface area contributed by atoms with Crippen molar-refractivity contribution in [2.24, 2.45) is 0 Å². The normalized spacial score (nSPS) is 19.2. The monoisotopic (exact) mass is 1150 g/mol. The van der Waals surface area contributed by atoms with Crippen LogP contribution in [0.1, 0.15) is 348 Å². The molecule has 0 radical (unpaired) electrons. The quantitative estimate of drug-likeness (QED) is 0.0215. The van der Waals surface area contributed by atoms with Gasteiger partial charge >= 0.3 is 0 Å². The Morgan fingerprint density at radius 2 is 0.728 bits per heavy atom. The molecule has 1 rings (SSSR count). The van der Waals surface area contributed by atoms with Crippen molar-refractivity contribution in [3.05, 3.63) is 24.3 Å². The molecule has 8 N–H and O–H groups in total. The fourth-order valence-corrected chi connectivity index (χ4v) is 11.6. The van der Waals surface area contributed by atoms with E-state index in [4.69, 9.17) is 9.47 Å². The van der Waals surface area contributed by atoms with Gasteiger partial charge in [0, 0.05) is 0 Å². The lowest BCUT2D eigenvalue weighted by Crippen LogP contribution is -2.60. The van der Waals surface area contributed by atoms with Crippen LogP contribution in [0, 0.1) is 0 Å². The third-order valence-corrected chi connectivity index (χ3v) is 17.2. The number of hydrogen-bond acceptors (Lipinski definition) is 10. The van der Waals surface area contributed by atoms with Crippen LogP contribution in [-0.2, 0) is 14.3 Å². The minimum Gasteiger partial charge on any atom is -0.394 e. The molecule has 1 amide bonds. The highest BCUT2D eigenvalue weighted by molar-refractivity contribution is 5.80. The first-order chi connectivity index (χ1) is 39.7. The van der Waals surface area contributed by atoms with Gasteiger partial charge in [-0.15, -0.1) is 0 Å². The maximum Gasteiger partial charge on any atom is 0.249 e. The SMILES string of the molecule is CCCCCCCCCCCCCC/C=C\CCCCCCCCCCCCCCCC(O)C(=O)NC(COC1OC(CO)C(O)C(O)C1O)C(O)C(O)CCC/C=C/CCCCCCCCCCCCCCCCCCCCCC. The van der Waals surface area contributed by atoms with Crippen LogP contribution in [0.4, 0.5) is 0 Å². The summed E-state index contributed by atoms with van der Waals surface area (Å²) in [5, 5.41) is 76.5. The van der Waals surface area contributed by atoms with E-state index in [9.17, 15) is 40.5 Å². The Balaban J connectivity index is 2.21. The van der Waals surface area contributed by atoms with Gasteiger partial charge in [-0.3, -0.25) is 4.79 Å². The molecule has 0 aromatic rings. The maximum atomic E-state index is 13.2. The van der Waals surface area contributed by atoms with E-state index in [1.165, 1.54) is 270 Å². The molecule has 9 unspecified atom stereocenters. The summed E-state index contributed by atoms with van der Waals surface area (Å²) in [6.45, 7) is 3.50. The van der Waals surface area contributed by atoms with E-state index >= 15 is 0 Å². The highest BCUT2D eigenvalue weighted by atomic mass is 16.7. The van der Waals surface area contributed by atoms with Crippen LogP contribution in [0.5, 0.6) is 0 Å². The second kappa shape index (κ2) is 58.9. The summed E-state index contributed by atoms with van der Waals surface area (Å²) < 4.78 is 11.2. The molecular weight excluding hydrogens is 1010 g/mol. The second-order valence-corrected chi connectivity index (χ2v) is 25.0. The molecule has 0 spiro atoms. The van der Waals surface area contributed by atoms with Crippen LogP contribution in [0.2, 0.25) is 0 Å². The van der Waals surface area contributed by atoms with Crippen LogP contribution in [-0.4, -0.2) is 110 Å². The number of aliphatic hydroxyl groups is 7. The van der Waals surface area contributed by atoms with Crippen molar-refractivity contribution in [1.29, 1.82) is 0 Å². The Bertz CT molecular complexity index is 1370. The van der Waals surface area contributed by atoms with E-state index in [2.05, 4.69) is 43.5 Å². The first kappa shape index (κ1) is 77.6. The smallest absolute Gasteiger partial charge is 0.249 e. The molecule has 9 atom stereocenters. The Kier molecular flexibility index (Phi) is 56.5. The van der Waals surface area contributed by atoms with E-state index in [1.807, 2.05) is 0 Å². The zero-order valence-corrected chi connectivity index (χ0v) is 53.0. The van der Waals surface area contributed by atoms with Crippen molar-refractivity contribution in [2.45, 2.75) is 403 Å². The summed E-state index contributed by atoms with van der Waals surface area (Å²) in [6.07, 6.45) is 62.6. The average Bonchev–Trinajstić information content (AvgIpc) is 3.51. The molecule has 1 fully saturated rings. The molecule has 480 valence electrons. The molecule has 1 aliphatic rings. The van der Waals surface area contributed by atoms with Gasteiger partial charge in [-0.2, -0.15) is 0 Å². The lowest BCUT2D eigenvalue weighted by Gasteiger charge is -2.40. The van der Waals surface area contributed by atoms with Crippen molar-refractivity contribution in [3.63, 3.8) is 0 Å². The number of aliphatic hydroxyl groups excluding tert-OH is 7. The van der Waals surface area contributed by atoms with E-state index in [0.29, 0.717) is 12.8 Å². The van der Waals surface area contributed by atoms with Gasteiger partial charge in [-0.05, 0) is 64.2 Å². The Hall–Kier alpha value is -1.41. The number of amides is 1. The van der Waals surface area contributed by atoms with Gasteiger partial charge in [0.1, 0.15) is 36.6 Å². The van der Waals surface area contributed by atoms with Crippen molar-refractivity contribution in [2.75, 3.05) is 13.2 Å². The van der Waals surface area contributed by atoms with Gasteiger partial charge in [0.15, 0.2) is 6.29 Å². The van der Waals surface area contributed by atoms with E-state index in [-0.39, 0.29) is 12.8 Å². The number of hydrogen-bond donors (Lipinski definition) is 8. The molecule has 1 saturated heterocycles. The average molecular weight is 1150 g/mol. The molecule has 11 nitrogen and oxygen atoms in total. The maximum absolute atomic E-state index is 13.2. The lowest BCUT2D eigenvalue weighted by atomic mass is 9.98. The zero-order valence-electron chi connectivity index (χ0n) is 53.0. The number of rotatable bonds is 62. The molecule has 0 aromatic heterocycles. The third-order valence-electron chi connectivity index (χ3n) is 17.2. The van der Waals surface area contributed by atoms with E-state index in [0.717, 1.165) is 38.5 Å². The number of carbonyl (C=O) groups is 1. The summed E-state index contributed by atoms with van der Waals surface area (Å²) in [4.78, 5) is 13.2. The molecule has 0 saturated carbocycles. The molecule has 11 heteroatoms. The minimum atomic E-state index is -1.67. The fraction of sp³-hybridized carbons (Fsp3) is 0.929. The highest BCUT2D eigenvalue weighted by Crippen LogP contribution is 2.24. The van der Waals surface area contributed by atoms with Gasteiger partial charge in [0.25, 0.3) is 0 Å². The summed E-state index contributed by atoms with van der Waals surface area (Å²) in [7, 11) is 0. The number of carbonyl (C=O) groups excluding carboxylic acids is 1. The van der Waals surface area contributed by atoms with Gasteiger partial charge in [-0.25, -0.2) is 0 Å². The molecular formula is C70H135NO10. The van der Waals surface area contributed by atoms with E-state index < -0.39 is 74.2 Å². The summed E-state index contributed by atoms with van der Waals surface area (Å²) >= 11 is 0. The predicted molar refractivity (Wildman–Crippen MR) is 339 cm³/mol. The molecule has 0 aromatic carbocycles. The fourth-order valence-electron chi connectivity index (χ4n) is 11.6. The van der Waals surface area contributed by atoms with Crippen LogP contribution in [0.15, 0.2) is 24.3 Å². The first-order valence-corrected chi connectivity index (χ1v) is 35.2. The van der Waals surface area contributed by atoms with Gasteiger partial charge in [-0.1, -0.05) is 308 Å². The van der Waals surface area contributed by atoms with Crippen LogP contribution >= 0.6 is 0 Å². The number of unbranched alkanes of at least 4 members (excludes halogenated alkanes) is 46. The minimum absolute atomic E-state index is 0.256. The van der Waals surface area contributed by atoms with Crippen molar-refractivity contribution in [3.8, 4) is 0 Å². The second-order valence-electron chi connectivity index (χ2n) is 25.0. The van der Waals surface area contributed by atoms with Crippen LogP contribution < -0.4 is 5.32 Å². The summed E-state index contributed by atoms with van der Waals surface area (Å²) in [5.74, 6) is -0.700. The molecule has 1 heterocycles. The highest BCUT2D eigenvalue weighted by Gasteiger charge is 2.44. The molecule has 0 bridgehead atoms. The largest absolute Gasteiger partial charge is 0.394 e. The standard InChI is InChI=1S/C70H135NO10/c1-3-5-7-9-11-13-15-17-19-21-23-25-27-29-30-31-32-34-36-38-40-42-44-46-48-50-52-54-56-58-63(74)69(79)71-61(60-80-70-68(78)67(77)66(76)64(59-72)81-70)65(75)62(73)57-55-53-51-49-47-45-43-41-39-37-35-33-28-26-24-22-20-18-16-14-12-10-8-6-4-2/h29-30,49,51,61-68,70,72-78H,3-28,31-48,50,52-60H2,1-2H3,(H,71,79)/b30-29-,51-49+. The number of allylic oxidation sites excluding steroid dienone is 4. The first-order valence-electron chi connectivity index (χ1n) is 35.2. The third kappa shape index (κ3) is 46.5. The van der Waals surface area contributed by atoms with Crippen molar-refractivity contribution in [1.82, 2.24) is 5.32 Å². The van der Waals surface area contributed by atoms with Gasteiger partial charge in [0.05, 0.1) is 25.4 Å². The van der Waals surface area contributed by atoms with Gasteiger partial charge in [0.2, 0.25) is 5.91 Å². The van der Waals surface area contributed by atoms with Crippen molar-refractivity contribution < 1.29 is 50.0 Å². The van der Waals surface area contributed by atoms with E-state index in [1.54, 1.807) is 0 Å². The molecule has 1 aliphatic heterocycles. The lowest BCUT2D eigenvalue weighted by molar-refractivity contribution is -0.303. The Morgan fingerprint density at radius 1 is 0.420 bits per heavy atom. The number of ether oxygens (including phenoxy) is 2. The molecule has 0 aliphatic carbocycles. The summed E-state index contributed by atoms with van der Waals surface area (Å²) in [6, 6.07) is -1.18. The van der Waals surface area contributed by atoms with Crippen LogP contribution in [0.3, 0.4) is 0 Å². The number of nitrogens with one attached hydrogen (secondary N) is 1. The van der Waals surface area contributed by atoms with Crippen LogP contribution in [0.25, 0.3) is 0 Å². The zero-order chi connectivity index (χ0) is 58.9. The van der Waals surface area contributed by atoms with Crippen molar-refractivity contribution >= 4 is 5.91 Å². The summed E-state index contributed by atoms with van der Waals surface area (Å²) in [5.41, 5.74) is 0. The molecule has 81 heavy (non-hydrogen) atoms. The van der Waals surface area contributed by atoms with Gasteiger partial charge < -0.3 is 50.5 Å². The topological polar surface area (TPSA) is 189 Å². The Morgan fingerprint density at radius 3 is 1.06 bits per heavy atom.